The van der Waals surface area contributed by atoms with Crippen LogP contribution in [0.4, 0.5) is 5.82 Å². The summed E-state index contributed by atoms with van der Waals surface area (Å²) < 4.78 is 0. The molecule has 1 aromatic rings. The van der Waals surface area contributed by atoms with Gasteiger partial charge in [-0.15, -0.1) is 0 Å². The summed E-state index contributed by atoms with van der Waals surface area (Å²) in [6.07, 6.45) is 4.33. The summed E-state index contributed by atoms with van der Waals surface area (Å²) in [6.45, 7) is 0.251. The highest BCUT2D eigenvalue weighted by Crippen LogP contribution is 2.21. The third-order valence-corrected chi connectivity index (χ3v) is 4.96. The first-order chi connectivity index (χ1) is 8.88. The topological polar surface area (TPSA) is 45.2 Å². The molecule has 0 radical (unpaired) electrons. The van der Waals surface area contributed by atoms with Gasteiger partial charge >= 0.3 is 0 Å². The summed E-state index contributed by atoms with van der Waals surface area (Å²) in [5.41, 5.74) is 1.27. The maximum absolute atomic E-state index is 8.77. The lowest BCUT2D eigenvalue weighted by Crippen LogP contribution is -2.24. The number of rotatable bonds is 6. The van der Waals surface area contributed by atoms with Gasteiger partial charge in [-0.2, -0.15) is 23.5 Å². The molecule has 0 bridgehead atoms. The van der Waals surface area contributed by atoms with Crippen molar-refractivity contribution < 1.29 is 5.11 Å². The molecule has 0 spiro atoms. The van der Waals surface area contributed by atoms with Crippen LogP contribution in [0.15, 0.2) is 18.3 Å². The second-order valence-electron chi connectivity index (χ2n) is 4.36. The SMILES string of the molecule is OCCSCc1ccnc(NC2CCSCC2)c1. The van der Waals surface area contributed by atoms with E-state index in [9.17, 15) is 0 Å². The van der Waals surface area contributed by atoms with Gasteiger partial charge in [-0.25, -0.2) is 4.98 Å². The van der Waals surface area contributed by atoms with Gasteiger partial charge in [-0.1, -0.05) is 0 Å². The first-order valence-corrected chi connectivity index (χ1v) is 8.67. The second kappa shape index (κ2) is 7.92. The Bertz CT molecular complexity index is 357. The van der Waals surface area contributed by atoms with Crippen LogP contribution in [-0.2, 0) is 5.75 Å². The number of aliphatic hydroxyl groups excluding tert-OH is 1. The van der Waals surface area contributed by atoms with Gasteiger partial charge in [0.05, 0.1) is 6.61 Å². The van der Waals surface area contributed by atoms with Crippen LogP contribution in [0.3, 0.4) is 0 Å². The van der Waals surface area contributed by atoms with E-state index in [2.05, 4.69) is 16.4 Å². The second-order valence-corrected chi connectivity index (χ2v) is 6.69. The minimum absolute atomic E-state index is 0.251. The fraction of sp³-hybridized carbons (Fsp3) is 0.615. The van der Waals surface area contributed by atoms with Crippen molar-refractivity contribution in [2.75, 3.05) is 29.2 Å². The summed E-state index contributed by atoms with van der Waals surface area (Å²) in [7, 11) is 0. The van der Waals surface area contributed by atoms with Crippen LogP contribution in [0.2, 0.25) is 0 Å². The maximum atomic E-state index is 8.77. The van der Waals surface area contributed by atoms with E-state index in [-0.39, 0.29) is 6.61 Å². The number of hydrogen-bond donors (Lipinski definition) is 2. The Balaban J connectivity index is 1.85. The number of anilines is 1. The normalized spacial score (nSPS) is 16.7. The Morgan fingerprint density at radius 3 is 3.06 bits per heavy atom. The van der Waals surface area contributed by atoms with E-state index in [0.29, 0.717) is 6.04 Å². The van der Waals surface area contributed by atoms with E-state index >= 15 is 0 Å². The Morgan fingerprint density at radius 1 is 1.44 bits per heavy atom. The minimum atomic E-state index is 0.251. The first-order valence-electron chi connectivity index (χ1n) is 6.36. The summed E-state index contributed by atoms with van der Waals surface area (Å²) >= 11 is 3.79. The quantitative estimate of drug-likeness (QED) is 0.786. The molecule has 3 nitrogen and oxygen atoms in total. The van der Waals surface area contributed by atoms with Gasteiger partial charge in [0.2, 0.25) is 0 Å². The predicted octanol–water partition coefficient (Wildman–Crippen LogP) is 2.61. The zero-order valence-corrected chi connectivity index (χ0v) is 12.1. The molecule has 1 aliphatic heterocycles. The zero-order valence-electron chi connectivity index (χ0n) is 10.5. The smallest absolute Gasteiger partial charge is 0.126 e. The molecule has 2 rings (SSSR count). The van der Waals surface area contributed by atoms with E-state index in [1.807, 2.05) is 24.0 Å². The Kier molecular flexibility index (Phi) is 6.17. The average molecular weight is 284 g/mol. The average Bonchev–Trinajstić information content (AvgIpc) is 2.41. The van der Waals surface area contributed by atoms with Crippen LogP contribution in [0.1, 0.15) is 18.4 Å². The van der Waals surface area contributed by atoms with Crippen LogP contribution >= 0.6 is 23.5 Å². The number of nitrogens with one attached hydrogen (secondary N) is 1. The molecule has 2 heterocycles. The third kappa shape index (κ3) is 4.71. The Labute approximate surface area is 117 Å². The van der Waals surface area contributed by atoms with Crippen LogP contribution in [0.25, 0.3) is 0 Å². The van der Waals surface area contributed by atoms with Crippen molar-refractivity contribution in [1.82, 2.24) is 4.98 Å². The van der Waals surface area contributed by atoms with Crippen molar-refractivity contribution in [3.8, 4) is 0 Å². The molecule has 0 aliphatic carbocycles. The van der Waals surface area contributed by atoms with Crippen molar-refractivity contribution in [3.63, 3.8) is 0 Å². The van der Waals surface area contributed by atoms with Crippen LogP contribution < -0.4 is 5.32 Å². The maximum Gasteiger partial charge on any atom is 0.126 e. The Hall–Kier alpha value is -0.390. The van der Waals surface area contributed by atoms with Crippen LogP contribution in [-0.4, -0.2) is 40.0 Å². The first kappa shape index (κ1) is 14.0. The van der Waals surface area contributed by atoms with Crippen molar-refractivity contribution in [2.24, 2.45) is 0 Å². The fourth-order valence-electron chi connectivity index (χ4n) is 1.95. The standard InChI is InChI=1S/C13H20N2OS2/c16-5-8-18-10-11-1-4-14-13(9-11)15-12-2-6-17-7-3-12/h1,4,9,12,16H,2-3,5-8,10H2,(H,14,15). The van der Waals surface area contributed by atoms with Gasteiger partial charge in [-0.05, 0) is 42.0 Å². The molecule has 100 valence electrons. The van der Waals surface area contributed by atoms with Crippen LogP contribution in [0.5, 0.6) is 0 Å². The van der Waals surface area contributed by atoms with Crippen molar-refractivity contribution in [2.45, 2.75) is 24.6 Å². The highest BCUT2D eigenvalue weighted by atomic mass is 32.2. The number of thioether (sulfide) groups is 2. The molecule has 1 aliphatic rings. The molecule has 1 fully saturated rings. The molecule has 0 aromatic carbocycles. The van der Waals surface area contributed by atoms with Gasteiger partial charge in [0, 0.05) is 23.7 Å². The summed E-state index contributed by atoms with van der Waals surface area (Å²) in [5.74, 6) is 5.24. The highest BCUT2D eigenvalue weighted by Gasteiger charge is 2.13. The lowest BCUT2D eigenvalue weighted by atomic mass is 10.1. The summed E-state index contributed by atoms with van der Waals surface area (Å²) in [6, 6.07) is 4.76. The fourth-order valence-corrected chi connectivity index (χ4v) is 3.74. The molecule has 5 heteroatoms. The molecule has 0 unspecified atom stereocenters. The van der Waals surface area contributed by atoms with Crippen molar-refractivity contribution in [1.29, 1.82) is 0 Å². The van der Waals surface area contributed by atoms with Crippen molar-refractivity contribution in [3.05, 3.63) is 23.9 Å². The van der Waals surface area contributed by atoms with Crippen LogP contribution in [0, 0.1) is 0 Å². The molecule has 0 atom stereocenters. The molecule has 2 N–H and O–H groups in total. The van der Waals surface area contributed by atoms with E-state index < -0.39 is 0 Å². The highest BCUT2D eigenvalue weighted by molar-refractivity contribution is 7.99. The number of nitrogens with zero attached hydrogens (tertiary/aromatic N) is 1. The number of pyridine rings is 1. The number of aliphatic hydroxyl groups is 1. The van der Waals surface area contributed by atoms with Gasteiger partial charge in [-0.3, -0.25) is 0 Å². The lowest BCUT2D eigenvalue weighted by Gasteiger charge is -2.23. The Morgan fingerprint density at radius 2 is 2.28 bits per heavy atom. The van der Waals surface area contributed by atoms with Gasteiger partial charge in [0.25, 0.3) is 0 Å². The summed E-state index contributed by atoms with van der Waals surface area (Å²) in [4.78, 5) is 4.39. The minimum Gasteiger partial charge on any atom is -0.396 e. The largest absolute Gasteiger partial charge is 0.396 e. The van der Waals surface area contributed by atoms with E-state index in [1.165, 1.54) is 29.9 Å². The van der Waals surface area contributed by atoms with E-state index in [0.717, 1.165) is 17.3 Å². The molecule has 0 amide bonds. The molecular weight excluding hydrogens is 264 g/mol. The summed E-state index contributed by atoms with van der Waals surface area (Å²) in [5, 5.41) is 12.3. The molecule has 18 heavy (non-hydrogen) atoms. The van der Waals surface area contributed by atoms with E-state index in [1.54, 1.807) is 11.8 Å². The monoisotopic (exact) mass is 284 g/mol. The van der Waals surface area contributed by atoms with Crippen molar-refractivity contribution >= 4 is 29.3 Å². The molecular formula is C13H20N2OS2. The number of aromatic nitrogens is 1. The lowest BCUT2D eigenvalue weighted by molar-refractivity contribution is 0.322. The molecule has 1 saturated heterocycles. The predicted molar refractivity (Wildman–Crippen MR) is 81.5 cm³/mol. The van der Waals surface area contributed by atoms with E-state index in [4.69, 9.17) is 5.11 Å². The van der Waals surface area contributed by atoms with Gasteiger partial charge in [0.15, 0.2) is 0 Å². The van der Waals surface area contributed by atoms with Gasteiger partial charge in [0.1, 0.15) is 5.82 Å². The number of hydrogen-bond acceptors (Lipinski definition) is 5. The van der Waals surface area contributed by atoms with Gasteiger partial charge < -0.3 is 10.4 Å². The third-order valence-electron chi connectivity index (χ3n) is 2.90. The zero-order chi connectivity index (χ0) is 12.6. The molecule has 0 saturated carbocycles. The molecule has 1 aromatic heterocycles.